The van der Waals surface area contributed by atoms with Gasteiger partial charge in [-0.3, -0.25) is 4.79 Å². The van der Waals surface area contributed by atoms with Gasteiger partial charge in [-0.1, -0.05) is 6.08 Å². The Labute approximate surface area is 131 Å². The smallest absolute Gasteiger partial charge is 0.247 e. The fraction of sp³-hybridized carbons (Fsp3) is 0.389. The second kappa shape index (κ2) is 5.52. The summed E-state index contributed by atoms with van der Waals surface area (Å²) in [5, 5.41) is 0. The number of ether oxygens (including phenoxy) is 2. The molecule has 0 fully saturated rings. The number of hydrogen-bond acceptors (Lipinski definition) is 3. The highest BCUT2D eigenvalue weighted by Crippen LogP contribution is 2.46. The van der Waals surface area contributed by atoms with Crippen LogP contribution >= 0.6 is 0 Å². The summed E-state index contributed by atoms with van der Waals surface area (Å²) in [4.78, 5) is 14.2. The Balaban J connectivity index is 2.16. The van der Waals surface area contributed by atoms with Crippen molar-refractivity contribution in [1.82, 2.24) is 4.90 Å². The zero-order chi connectivity index (χ0) is 15.7. The van der Waals surface area contributed by atoms with Crippen LogP contribution in [0.2, 0.25) is 0 Å². The molecule has 0 saturated carbocycles. The molecular formula is C18H21NO3. The third-order valence-electron chi connectivity index (χ3n) is 4.66. The van der Waals surface area contributed by atoms with Gasteiger partial charge in [-0.2, -0.15) is 0 Å². The van der Waals surface area contributed by atoms with Gasteiger partial charge in [-0.15, -0.1) is 6.58 Å². The van der Waals surface area contributed by atoms with E-state index in [1.807, 2.05) is 29.2 Å². The van der Waals surface area contributed by atoms with E-state index in [1.165, 1.54) is 5.56 Å². The molecule has 4 nitrogen and oxygen atoms in total. The first-order chi connectivity index (χ1) is 10.7. The molecule has 4 heteroatoms. The molecule has 22 heavy (non-hydrogen) atoms. The van der Waals surface area contributed by atoms with Crippen molar-refractivity contribution in [3.63, 3.8) is 0 Å². The van der Waals surface area contributed by atoms with Gasteiger partial charge in [0.1, 0.15) is 0 Å². The van der Waals surface area contributed by atoms with Crippen LogP contribution in [0.3, 0.4) is 0 Å². The Morgan fingerprint density at radius 3 is 2.73 bits per heavy atom. The topological polar surface area (TPSA) is 38.8 Å². The first kappa shape index (κ1) is 14.7. The van der Waals surface area contributed by atoms with E-state index in [1.54, 1.807) is 20.3 Å². The number of hydrogen-bond donors (Lipinski definition) is 0. The van der Waals surface area contributed by atoms with Gasteiger partial charge < -0.3 is 14.4 Å². The van der Waals surface area contributed by atoms with Gasteiger partial charge in [-0.25, -0.2) is 0 Å². The number of nitrogens with zero attached hydrogens (tertiary/aromatic N) is 1. The van der Waals surface area contributed by atoms with E-state index in [0.29, 0.717) is 5.75 Å². The minimum Gasteiger partial charge on any atom is -0.493 e. The molecule has 1 atom stereocenters. The van der Waals surface area contributed by atoms with E-state index < -0.39 is 0 Å². The lowest BCUT2D eigenvalue weighted by molar-refractivity contribution is -0.129. The van der Waals surface area contributed by atoms with Crippen LogP contribution in [0.25, 0.3) is 0 Å². The summed E-state index contributed by atoms with van der Waals surface area (Å²) in [6.07, 6.45) is 8.14. The molecule has 2 aliphatic heterocycles. The van der Waals surface area contributed by atoms with Gasteiger partial charge in [0.25, 0.3) is 0 Å². The van der Waals surface area contributed by atoms with E-state index in [4.69, 9.17) is 9.47 Å². The van der Waals surface area contributed by atoms with Gasteiger partial charge in [0.05, 0.1) is 19.8 Å². The number of fused-ring (bicyclic) bond motifs is 3. The summed E-state index contributed by atoms with van der Waals surface area (Å²) in [5.41, 5.74) is 1.98. The van der Waals surface area contributed by atoms with Crippen LogP contribution in [-0.4, -0.2) is 31.6 Å². The largest absolute Gasteiger partial charge is 0.493 e. The summed E-state index contributed by atoms with van der Waals surface area (Å²) in [6.45, 7) is 4.55. The standard InChI is InChI=1S/C18H21NO3/c1-4-5-8-18-9-6-17(20)19(18)10-7-13-11-15(21-2)16(22-3)12-14(13)18/h4,6,9,11-12H,1,5,7-8,10H2,2-3H3/t18-/m0/s1. The third kappa shape index (κ3) is 2.02. The first-order valence-electron chi connectivity index (χ1n) is 7.53. The van der Waals surface area contributed by atoms with Gasteiger partial charge >= 0.3 is 0 Å². The molecule has 2 aliphatic rings. The predicted octanol–water partition coefficient (Wildman–Crippen LogP) is 2.82. The summed E-state index contributed by atoms with van der Waals surface area (Å²) in [7, 11) is 3.28. The lowest BCUT2D eigenvalue weighted by atomic mass is 9.78. The van der Waals surface area contributed by atoms with Crippen LogP contribution in [0, 0.1) is 0 Å². The second-order valence-corrected chi connectivity index (χ2v) is 5.69. The average Bonchev–Trinajstić information content (AvgIpc) is 2.89. The molecule has 2 heterocycles. The van der Waals surface area contributed by atoms with Crippen molar-refractivity contribution in [2.75, 3.05) is 20.8 Å². The van der Waals surface area contributed by atoms with Crippen molar-refractivity contribution in [1.29, 1.82) is 0 Å². The molecule has 0 aromatic heterocycles. The SMILES string of the molecule is C=CCC[C@@]12C=CC(=O)N1CCc1cc(OC)c(OC)cc12. The molecule has 0 N–H and O–H groups in total. The molecule has 116 valence electrons. The Hall–Kier alpha value is -2.23. The zero-order valence-corrected chi connectivity index (χ0v) is 13.1. The Bertz CT molecular complexity index is 650. The van der Waals surface area contributed by atoms with Gasteiger partial charge in [-0.05, 0) is 48.6 Å². The molecule has 0 aliphatic carbocycles. The summed E-state index contributed by atoms with van der Waals surface area (Å²) in [6, 6.07) is 4.06. The molecule has 0 spiro atoms. The average molecular weight is 299 g/mol. The van der Waals surface area contributed by atoms with Crippen molar-refractivity contribution in [2.45, 2.75) is 24.8 Å². The van der Waals surface area contributed by atoms with Crippen LogP contribution in [0.5, 0.6) is 11.5 Å². The van der Waals surface area contributed by atoms with E-state index in [9.17, 15) is 4.79 Å². The van der Waals surface area contributed by atoms with E-state index in [-0.39, 0.29) is 11.4 Å². The highest BCUT2D eigenvalue weighted by molar-refractivity contribution is 5.92. The molecular weight excluding hydrogens is 278 g/mol. The Morgan fingerprint density at radius 2 is 2.05 bits per heavy atom. The van der Waals surface area contributed by atoms with Crippen LogP contribution in [0.15, 0.2) is 36.9 Å². The quantitative estimate of drug-likeness (QED) is 0.785. The number of methoxy groups -OCH3 is 2. The Kier molecular flexibility index (Phi) is 3.69. The summed E-state index contributed by atoms with van der Waals surface area (Å²) >= 11 is 0. The van der Waals surface area contributed by atoms with Crippen molar-refractivity contribution < 1.29 is 14.3 Å². The minimum atomic E-state index is -0.377. The number of benzene rings is 1. The van der Waals surface area contributed by atoms with Crippen molar-refractivity contribution >= 4 is 5.91 Å². The van der Waals surface area contributed by atoms with Crippen molar-refractivity contribution in [3.8, 4) is 11.5 Å². The lowest BCUT2D eigenvalue weighted by Gasteiger charge is -2.43. The fourth-order valence-corrected chi connectivity index (χ4v) is 3.57. The van der Waals surface area contributed by atoms with Crippen molar-refractivity contribution in [2.24, 2.45) is 0 Å². The monoisotopic (exact) mass is 299 g/mol. The van der Waals surface area contributed by atoms with Crippen LogP contribution < -0.4 is 9.47 Å². The molecule has 1 amide bonds. The molecule has 0 bridgehead atoms. The number of carbonyl (C=O) groups is 1. The molecule has 3 rings (SSSR count). The van der Waals surface area contributed by atoms with Gasteiger partial charge in [0.15, 0.2) is 11.5 Å². The van der Waals surface area contributed by atoms with Gasteiger partial charge in [0.2, 0.25) is 5.91 Å². The molecule has 1 aromatic rings. The molecule has 0 saturated heterocycles. The summed E-state index contributed by atoms with van der Waals surface area (Å²) in [5.74, 6) is 1.53. The zero-order valence-electron chi connectivity index (χ0n) is 13.1. The van der Waals surface area contributed by atoms with Crippen LogP contribution in [0.1, 0.15) is 24.0 Å². The predicted molar refractivity (Wildman–Crippen MR) is 85.2 cm³/mol. The fourth-order valence-electron chi connectivity index (χ4n) is 3.57. The van der Waals surface area contributed by atoms with Gasteiger partial charge in [0, 0.05) is 12.6 Å². The number of allylic oxidation sites excluding steroid dienone is 1. The van der Waals surface area contributed by atoms with Crippen LogP contribution in [-0.2, 0) is 16.8 Å². The second-order valence-electron chi connectivity index (χ2n) is 5.69. The Morgan fingerprint density at radius 1 is 1.32 bits per heavy atom. The number of carbonyl (C=O) groups excluding carboxylic acids is 1. The van der Waals surface area contributed by atoms with Crippen LogP contribution in [0.4, 0.5) is 0 Å². The first-order valence-corrected chi connectivity index (χ1v) is 7.53. The highest BCUT2D eigenvalue weighted by Gasteiger charge is 2.46. The number of rotatable bonds is 5. The maximum absolute atomic E-state index is 12.2. The van der Waals surface area contributed by atoms with E-state index in [0.717, 1.165) is 37.1 Å². The molecule has 1 aromatic carbocycles. The molecule has 0 radical (unpaired) electrons. The molecule has 0 unspecified atom stereocenters. The highest BCUT2D eigenvalue weighted by atomic mass is 16.5. The lowest BCUT2D eigenvalue weighted by Crippen LogP contribution is -2.48. The van der Waals surface area contributed by atoms with E-state index in [2.05, 4.69) is 6.58 Å². The minimum absolute atomic E-state index is 0.0875. The maximum atomic E-state index is 12.2. The summed E-state index contributed by atoms with van der Waals surface area (Å²) < 4.78 is 10.9. The van der Waals surface area contributed by atoms with Crippen molar-refractivity contribution in [3.05, 3.63) is 48.1 Å². The van der Waals surface area contributed by atoms with E-state index >= 15 is 0 Å². The third-order valence-corrected chi connectivity index (χ3v) is 4.66. The maximum Gasteiger partial charge on any atom is 0.247 e. The normalized spacial score (nSPS) is 22.3. The number of amides is 1.